The molecule has 6 N–H and O–H groups in total. The van der Waals surface area contributed by atoms with Crippen molar-refractivity contribution >= 4 is 35.9 Å². The number of carboxylic acid groups (broad SMARTS) is 2. The summed E-state index contributed by atoms with van der Waals surface area (Å²) in [5.74, 6) is -2.63. The number of amides is 4. The van der Waals surface area contributed by atoms with Crippen molar-refractivity contribution in [3.05, 3.63) is 142 Å². The second-order valence-electron chi connectivity index (χ2n) is 20.4. The largest absolute Gasteiger partial charge is 0.478 e. The fourth-order valence-corrected chi connectivity index (χ4v) is 9.50. The minimum absolute atomic E-state index is 0.126. The molecule has 2 aliphatic carbocycles. The van der Waals surface area contributed by atoms with Crippen molar-refractivity contribution in [1.29, 1.82) is 0 Å². The molecule has 26 nitrogen and oxygen atoms in total. The Balaban J connectivity index is 0.000000140. The Bertz CT molecular complexity index is 3270. The summed E-state index contributed by atoms with van der Waals surface area (Å²) in [5, 5.41) is 46.1. The van der Waals surface area contributed by atoms with Crippen LogP contribution < -0.4 is 21.3 Å². The van der Waals surface area contributed by atoms with Gasteiger partial charge in [0.2, 0.25) is 0 Å². The molecule has 0 bridgehead atoms. The van der Waals surface area contributed by atoms with Crippen molar-refractivity contribution in [3.63, 3.8) is 0 Å². The molecule has 30 heteroatoms. The number of aromatic carboxylic acids is 2. The molecule has 8 heterocycles. The lowest BCUT2D eigenvalue weighted by molar-refractivity contribution is -0.135. The van der Waals surface area contributed by atoms with E-state index >= 15 is 0 Å². The second kappa shape index (κ2) is 27.1. The molecule has 4 aliphatic heterocycles. The van der Waals surface area contributed by atoms with Crippen LogP contribution in [0.5, 0.6) is 0 Å². The fraction of sp³-hybridized carbons (Fsp3) is 0.444. The van der Waals surface area contributed by atoms with Crippen LogP contribution in [0.3, 0.4) is 0 Å². The summed E-state index contributed by atoms with van der Waals surface area (Å²) in [6.45, 7) is 0.739. The van der Waals surface area contributed by atoms with E-state index in [9.17, 15) is 46.3 Å². The zero-order valence-corrected chi connectivity index (χ0v) is 45.3. The molecule has 2 aromatic carbocycles. The second-order valence-corrected chi connectivity index (χ2v) is 20.4. The van der Waals surface area contributed by atoms with Crippen LogP contribution in [0.2, 0.25) is 0 Å². The van der Waals surface area contributed by atoms with Gasteiger partial charge in [0.05, 0.1) is 122 Å². The van der Waals surface area contributed by atoms with Crippen LogP contribution in [0, 0.1) is 0 Å². The number of nitrogens with zero attached hydrogens (tertiary/aromatic N) is 10. The molecule has 84 heavy (non-hydrogen) atoms. The smallest absolute Gasteiger partial charge is 0.410 e. The van der Waals surface area contributed by atoms with Gasteiger partial charge < -0.3 is 60.2 Å². The number of ether oxygens (including phenoxy) is 4. The van der Waals surface area contributed by atoms with E-state index in [2.05, 4.69) is 51.1 Å². The molecule has 0 saturated heterocycles. The molecule has 6 aromatic rings. The van der Waals surface area contributed by atoms with Gasteiger partial charge in [-0.05, 0) is 36.8 Å². The van der Waals surface area contributed by atoms with Gasteiger partial charge in [0, 0.05) is 39.3 Å². The molecule has 2 saturated carbocycles. The topological polar surface area (TPSA) is 306 Å². The summed E-state index contributed by atoms with van der Waals surface area (Å²) in [7, 11) is 0. The Morgan fingerprint density at radius 3 is 1.26 bits per heavy atom. The number of aromatic nitrogens is 8. The molecule has 4 amide bonds. The minimum Gasteiger partial charge on any atom is -0.478 e. The number of fused-ring (bicyclic) bond motifs is 4. The highest BCUT2D eigenvalue weighted by Crippen LogP contribution is 2.38. The van der Waals surface area contributed by atoms with Crippen LogP contribution in [-0.2, 0) is 84.5 Å². The van der Waals surface area contributed by atoms with Gasteiger partial charge in [-0.2, -0.15) is 38.0 Å². The van der Waals surface area contributed by atoms with Crippen molar-refractivity contribution in [3.8, 4) is 0 Å². The molecule has 448 valence electrons. The number of hydrogen-bond donors (Lipinski definition) is 6. The van der Waals surface area contributed by atoms with E-state index in [-0.39, 0.29) is 51.0 Å². The number of rotatable bonds is 16. The summed E-state index contributed by atoms with van der Waals surface area (Å²) >= 11 is 0. The SMILES string of the molecule is O=C(NC1(COC(F)F)CC1)c1cnn2c1CN(C(=O)OCc1ccccc1)CC2.O=C(NC1(COC(F)F)CC1)c1cnn2c1CNCC2.O=C(O)c1cnn2c1CN(C(=O)OCc1ccccc1)CC2.O=C(O)c1cnn2c1CNCC2. The van der Waals surface area contributed by atoms with E-state index < -0.39 is 54.3 Å². The number of benzene rings is 2. The number of nitrogens with one attached hydrogen (secondary N) is 4. The molecular weight excluding hydrogens is 1110 g/mol. The number of halogens is 4. The molecular formula is C54H62F4N14O12. The Hall–Kier alpha value is -8.74. The summed E-state index contributed by atoms with van der Waals surface area (Å²) in [4.78, 5) is 74.3. The Kier molecular flexibility index (Phi) is 19.3. The molecule has 12 rings (SSSR count). The predicted molar refractivity (Wildman–Crippen MR) is 283 cm³/mol. The van der Waals surface area contributed by atoms with Crippen molar-refractivity contribution in [2.75, 3.05) is 39.4 Å². The normalized spacial score (nSPS) is 16.5. The molecule has 0 atom stereocenters. The maximum absolute atomic E-state index is 12.7. The lowest BCUT2D eigenvalue weighted by Gasteiger charge is -2.28. The highest BCUT2D eigenvalue weighted by atomic mass is 19.3. The van der Waals surface area contributed by atoms with Crippen molar-refractivity contribution < 1.29 is 75.5 Å². The van der Waals surface area contributed by atoms with Gasteiger partial charge in [-0.3, -0.25) is 28.3 Å². The van der Waals surface area contributed by atoms with Gasteiger partial charge in [-0.15, -0.1) is 0 Å². The standard InChI is InChI=1S/C20H22F2N4O4.C15H15N3O4.C12H16F2N4O2.C7H9N3O2/c21-18(22)30-13-20(6-7-20)24-17(27)15-10-23-26-9-8-25(11-16(15)26)19(28)29-12-14-4-2-1-3-5-14;19-14(20)12-8-16-18-7-6-17(9-13(12)18)15(21)22-10-11-4-2-1-3-5-11;13-11(14)20-7-12(1-2-12)17-10(19)8-5-16-18-4-3-15-6-9(8)18;11-7(12)5-3-9-10-2-1-8-4-6(5)10/h1-5,10,18H,6-9,11-13H2,(H,24,27);1-5,8H,6-7,9-10H2,(H,19,20);5,11,15H,1-4,6-7H2,(H,17,19);3,8H,1-2,4H2,(H,11,12). The third-order valence-corrected chi connectivity index (χ3v) is 14.5. The highest BCUT2D eigenvalue weighted by Gasteiger charge is 2.47. The maximum atomic E-state index is 12.7. The van der Waals surface area contributed by atoms with Crippen LogP contribution in [0.4, 0.5) is 27.2 Å². The third kappa shape index (κ3) is 15.5. The van der Waals surface area contributed by atoms with Crippen LogP contribution in [-0.4, -0.2) is 159 Å². The van der Waals surface area contributed by atoms with Gasteiger partial charge in [0.15, 0.2) is 0 Å². The summed E-state index contributed by atoms with van der Waals surface area (Å²) < 4.78 is 74.9. The first-order valence-corrected chi connectivity index (χ1v) is 26.9. The van der Waals surface area contributed by atoms with E-state index in [1.165, 1.54) is 34.6 Å². The van der Waals surface area contributed by atoms with Gasteiger partial charge in [-0.1, -0.05) is 60.7 Å². The van der Waals surface area contributed by atoms with E-state index in [1.54, 1.807) is 18.7 Å². The summed E-state index contributed by atoms with van der Waals surface area (Å²) in [5.41, 5.74) is 4.36. The highest BCUT2D eigenvalue weighted by molar-refractivity contribution is 5.96. The Morgan fingerprint density at radius 1 is 0.512 bits per heavy atom. The van der Waals surface area contributed by atoms with E-state index in [4.69, 9.17) is 19.7 Å². The van der Waals surface area contributed by atoms with Gasteiger partial charge >= 0.3 is 37.3 Å². The van der Waals surface area contributed by atoms with Crippen LogP contribution >= 0.6 is 0 Å². The van der Waals surface area contributed by atoms with Crippen molar-refractivity contribution in [2.45, 2.75) is 116 Å². The number of carbonyl (C=O) groups is 6. The first-order valence-electron chi connectivity index (χ1n) is 26.9. The fourth-order valence-electron chi connectivity index (χ4n) is 9.50. The van der Waals surface area contributed by atoms with Crippen LogP contribution in [0.15, 0.2) is 85.5 Å². The molecule has 2 fully saturated rings. The number of alkyl halides is 4. The molecule has 0 spiro atoms. The monoisotopic (exact) mass is 1170 g/mol. The van der Waals surface area contributed by atoms with Crippen molar-refractivity contribution in [2.24, 2.45) is 0 Å². The zero-order valence-electron chi connectivity index (χ0n) is 45.3. The molecule has 6 aliphatic rings. The van der Waals surface area contributed by atoms with Crippen LogP contribution in [0.1, 0.15) is 101 Å². The predicted octanol–water partition coefficient (Wildman–Crippen LogP) is 4.44. The van der Waals surface area contributed by atoms with E-state index in [0.29, 0.717) is 93.0 Å². The number of carbonyl (C=O) groups excluding carboxylic acids is 4. The zero-order chi connectivity index (χ0) is 59.4. The van der Waals surface area contributed by atoms with Gasteiger partial charge in [-0.25, -0.2) is 19.2 Å². The number of hydrogen-bond acceptors (Lipinski definition) is 16. The summed E-state index contributed by atoms with van der Waals surface area (Å²) in [6, 6.07) is 18.8. The third-order valence-electron chi connectivity index (χ3n) is 14.5. The Morgan fingerprint density at radius 2 is 0.869 bits per heavy atom. The van der Waals surface area contributed by atoms with Gasteiger partial charge in [0.1, 0.15) is 24.3 Å². The summed E-state index contributed by atoms with van der Waals surface area (Å²) in [6.07, 6.45) is 7.24. The molecule has 4 aromatic heterocycles. The Labute approximate surface area is 476 Å². The van der Waals surface area contributed by atoms with Gasteiger partial charge in [0.25, 0.3) is 11.8 Å². The minimum atomic E-state index is -2.88. The van der Waals surface area contributed by atoms with E-state index in [0.717, 1.165) is 48.7 Å². The first kappa shape index (κ1) is 59.9. The van der Waals surface area contributed by atoms with Crippen molar-refractivity contribution in [1.82, 2.24) is 70.2 Å². The first-order chi connectivity index (χ1) is 40.5. The maximum Gasteiger partial charge on any atom is 0.410 e. The van der Waals surface area contributed by atoms with Crippen LogP contribution in [0.25, 0.3) is 0 Å². The lowest BCUT2D eigenvalue weighted by Crippen LogP contribution is -2.42. The average molecular weight is 1180 g/mol. The quantitative estimate of drug-likeness (QED) is 0.0730. The molecule has 0 radical (unpaired) electrons. The number of carboxylic acids is 2. The molecule has 0 unspecified atom stereocenters. The van der Waals surface area contributed by atoms with E-state index in [1.807, 2.05) is 60.7 Å². The average Bonchev–Trinajstić information content (AvgIpc) is 3.99. The lowest BCUT2D eigenvalue weighted by atomic mass is 10.1.